The molecule has 0 spiro atoms. The minimum atomic E-state index is -2.04. The summed E-state index contributed by atoms with van der Waals surface area (Å²) >= 11 is 0. The topological polar surface area (TPSA) is 35.5 Å². The highest BCUT2D eigenvalue weighted by Crippen LogP contribution is 2.30. The number of hydrogen-bond donors (Lipinski definition) is 0. The van der Waals surface area contributed by atoms with Crippen molar-refractivity contribution in [2.75, 3.05) is 7.11 Å². The zero-order valence-electron chi connectivity index (χ0n) is 11.5. The highest BCUT2D eigenvalue weighted by atomic mass is 19.2. The highest BCUT2D eigenvalue weighted by molar-refractivity contribution is 5.91. The highest BCUT2D eigenvalue weighted by Gasteiger charge is 2.26. The predicted molar refractivity (Wildman–Crippen MR) is 69.0 cm³/mol. The Balaban J connectivity index is 2.36. The summed E-state index contributed by atoms with van der Waals surface area (Å²) in [5, 5.41) is 0. The first-order valence-corrected chi connectivity index (χ1v) is 6.05. The zero-order valence-corrected chi connectivity index (χ0v) is 11.5. The Labute approximate surface area is 123 Å². The molecule has 0 heterocycles. The van der Waals surface area contributed by atoms with E-state index in [1.807, 2.05) is 0 Å². The Hall–Kier alpha value is -2.57. The lowest BCUT2D eigenvalue weighted by Crippen LogP contribution is -2.13. The van der Waals surface area contributed by atoms with Crippen molar-refractivity contribution in [1.82, 2.24) is 0 Å². The molecule has 0 atom stereocenters. The molecule has 0 amide bonds. The first-order chi connectivity index (χ1) is 10.4. The van der Waals surface area contributed by atoms with E-state index in [9.17, 15) is 22.4 Å². The van der Waals surface area contributed by atoms with Gasteiger partial charge in [0, 0.05) is 5.56 Å². The normalized spacial score (nSPS) is 10.5. The second kappa shape index (κ2) is 6.05. The maximum absolute atomic E-state index is 13.6. The molecule has 2 aromatic rings. The van der Waals surface area contributed by atoms with Crippen molar-refractivity contribution in [3.63, 3.8) is 0 Å². The van der Waals surface area contributed by atoms with Gasteiger partial charge in [0.05, 0.1) is 12.7 Å². The third kappa shape index (κ3) is 2.74. The van der Waals surface area contributed by atoms with Gasteiger partial charge in [0.1, 0.15) is 5.75 Å². The van der Waals surface area contributed by atoms with E-state index in [1.54, 1.807) is 0 Å². The molecule has 0 aliphatic carbocycles. The second-order valence-corrected chi connectivity index (χ2v) is 4.33. The van der Waals surface area contributed by atoms with Crippen LogP contribution >= 0.6 is 0 Å². The molecule has 0 aliphatic rings. The number of carbonyl (C=O) groups is 1. The van der Waals surface area contributed by atoms with E-state index in [2.05, 4.69) is 4.74 Å². The van der Waals surface area contributed by atoms with E-state index >= 15 is 0 Å². The minimum Gasteiger partial charge on any atom is -0.497 e. The van der Waals surface area contributed by atoms with Crippen molar-refractivity contribution >= 4 is 5.97 Å². The second-order valence-electron chi connectivity index (χ2n) is 4.33. The monoisotopic (exact) mass is 314 g/mol. The first kappa shape index (κ1) is 15.8. The van der Waals surface area contributed by atoms with Crippen LogP contribution in [-0.2, 0) is 0 Å². The Morgan fingerprint density at radius 3 is 2.00 bits per heavy atom. The van der Waals surface area contributed by atoms with Crippen molar-refractivity contribution in [2.45, 2.75) is 6.92 Å². The number of benzene rings is 2. The molecule has 0 bridgehead atoms. The lowest BCUT2D eigenvalue weighted by Gasteiger charge is -2.11. The Bertz CT molecular complexity index is 698. The molecular weight excluding hydrogens is 304 g/mol. The summed E-state index contributed by atoms with van der Waals surface area (Å²) in [5.41, 5.74) is -0.636. The molecule has 0 N–H and O–H groups in total. The van der Waals surface area contributed by atoms with Gasteiger partial charge in [-0.05, 0) is 31.2 Å². The van der Waals surface area contributed by atoms with E-state index in [0.29, 0.717) is 5.75 Å². The number of methoxy groups -OCH3 is 1. The number of carbonyl (C=O) groups excluding carboxylic acids is 1. The molecule has 0 aromatic heterocycles. The lowest BCUT2D eigenvalue weighted by atomic mass is 10.1. The number of esters is 1. The average Bonchev–Trinajstić information content (AvgIpc) is 2.55. The maximum atomic E-state index is 13.6. The van der Waals surface area contributed by atoms with Gasteiger partial charge in [0.2, 0.25) is 11.6 Å². The van der Waals surface area contributed by atoms with Gasteiger partial charge in [0.25, 0.3) is 0 Å². The largest absolute Gasteiger partial charge is 0.497 e. The Morgan fingerprint density at radius 1 is 0.909 bits per heavy atom. The molecule has 2 rings (SSSR count). The summed E-state index contributed by atoms with van der Waals surface area (Å²) < 4.78 is 62.8. The fourth-order valence-corrected chi connectivity index (χ4v) is 1.72. The van der Waals surface area contributed by atoms with Crippen molar-refractivity contribution < 1.29 is 31.8 Å². The summed E-state index contributed by atoms with van der Waals surface area (Å²) in [4.78, 5) is 11.9. The summed E-state index contributed by atoms with van der Waals surface area (Å²) in [6.45, 7) is 0.970. The number of ether oxygens (including phenoxy) is 2. The average molecular weight is 314 g/mol. The smallest absolute Gasteiger partial charge is 0.343 e. The van der Waals surface area contributed by atoms with Crippen molar-refractivity contribution in [2.24, 2.45) is 0 Å². The van der Waals surface area contributed by atoms with Crippen LogP contribution in [0.1, 0.15) is 15.9 Å². The van der Waals surface area contributed by atoms with Crippen molar-refractivity contribution in [3.05, 3.63) is 58.7 Å². The van der Waals surface area contributed by atoms with Crippen molar-refractivity contribution in [1.29, 1.82) is 0 Å². The van der Waals surface area contributed by atoms with Gasteiger partial charge in [-0.15, -0.1) is 0 Å². The van der Waals surface area contributed by atoms with Crippen LogP contribution < -0.4 is 9.47 Å². The van der Waals surface area contributed by atoms with E-state index in [4.69, 9.17) is 4.74 Å². The van der Waals surface area contributed by atoms with Crippen LogP contribution in [0.5, 0.6) is 11.5 Å². The predicted octanol–water partition coefficient (Wildman–Crippen LogP) is 3.78. The fraction of sp³-hybridized carbons (Fsp3) is 0.133. The molecule has 0 fully saturated rings. The van der Waals surface area contributed by atoms with Gasteiger partial charge in [0.15, 0.2) is 17.4 Å². The van der Waals surface area contributed by atoms with Gasteiger partial charge in [-0.1, -0.05) is 0 Å². The lowest BCUT2D eigenvalue weighted by molar-refractivity contribution is 0.0723. The van der Waals surface area contributed by atoms with Gasteiger partial charge in [-0.25, -0.2) is 18.0 Å². The third-order valence-corrected chi connectivity index (χ3v) is 2.97. The van der Waals surface area contributed by atoms with E-state index in [0.717, 1.165) is 6.92 Å². The summed E-state index contributed by atoms with van der Waals surface area (Å²) in [6, 6.07) is 5.55. The fourth-order valence-electron chi connectivity index (χ4n) is 1.72. The molecule has 116 valence electrons. The minimum absolute atomic E-state index is 0.00439. The molecule has 7 heteroatoms. The van der Waals surface area contributed by atoms with Gasteiger partial charge >= 0.3 is 5.97 Å². The van der Waals surface area contributed by atoms with Gasteiger partial charge in [-0.3, -0.25) is 0 Å². The van der Waals surface area contributed by atoms with E-state index in [-0.39, 0.29) is 5.56 Å². The van der Waals surface area contributed by atoms with Crippen LogP contribution in [0.15, 0.2) is 24.3 Å². The molecule has 0 saturated heterocycles. The van der Waals surface area contributed by atoms with Crippen LogP contribution in [0, 0.1) is 30.2 Å². The summed E-state index contributed by atoms with van der Waals surface area (Å²) in [5.74, 6) is -8.94. The molecule has 0 aliphatic heterocycles. The molecule has 3 nitrogen and oxygen atoms in total. The van der Waals surface area contributed by atoms with Crippen molar-refractivity contribution in [3.8, 4) is 11.5 Å². The third-order valence-electron chi connectivity index (χ3n) is 2.97. The molecule has 0 radical (unpaired) electrons. The van der Waals surface area contributed by atoms with Crippen LogP contribution in [0.3, 0.4) is 0 Å². The SMILES string of the molecule is COc1ccc(C(=O)Oc2c(C)c(F)c(F)c(F)c2F)cc1. The number of hydrogen-bond acceptors (Lipinski definition) is 3. The van der Waals surface area contributed by atoms with Crippen LogP contribution in [0.4, 0.5) is 17.6 Å². The summed E-state index contributed by atoms with van der Waals surface area (Å²) in [6.07, 6.45) is 0. The standard InChI is InChI=1S/C15H10F4O3/c1-7-10(16)11(17)12(18)13(19)14(7)22-15(20)8-3-5-9(21-2)6-4-8/h3-6H,1-2H3. The molecule has 0 unspecified atom stereocenters. The molecule has 22 heavy (non-hydrogen) atoms. The van der Waals surface area contributed by atoms with Gasteiger partial charge < -0.3 is 9.47 Å². The quantitative estimate of drug-likeness (QED) is 0.284. The molecular formula is C15H10F4O3. The van der Waals surface area contributed by atoms with Crippen LogP contribution in [-0.4, -0.2) is 13.1 Å². The Kier molecular flexibility index (Phi) is 4.35. The van der Waals surface area contributed by atoms with Crippen LogP contribution in [0.25, 0.3) is 0 Å². The summed E-state index contributed by atoms with van der Waals surface area (Å²) in [7, 11) is 1.43. The maximum Gasteiger partial charge on any atom is 0.343 e. The number of halogens is 4. The Morgan fingerprint density at radius 2 is 1.45 bits per heavy atom. The zero-order chi connectivity index (χ0) is 16.4. The number of rotatable bonds is 3. The van der Waals surface area contributed by atoms with Gasteiger partial charge in [-0.2, -0.15) is 4.39 Å². The van der Waals surface area contributed by atoms with E-state index in [1.165, 1.54) is 31.4 Å². The first-order valence-electron chi connectivity index (χ1n) is 6.05. The molecule has 2 aromatic carbocycles. The molecule has 0 saturated carbocycles. The van der Waals surface area contributed by atoms with Crippen LogP contribution in [0.2, 0.25) is 0 Å². The van der Waals surface area contributed by atoms with E-state index < -0.39 is 40.6 Å².